The summed E-state index contributed by atoms with van der Waals surface area (Å²) in [5.74, 6) is -2.04. The van der Waals surface area contributed by atoms with Gasteiger partial charge in [-0.05, 0) is 31.0 Å². The summed E-state index contributed by atoms with van der Waals surface area (Å²) in [6.45, 7) is 0. The van der Waals surface area contributed by atoms with Gasteiger partial charge in [0.2, 0.25) is 5.91 Å². The number of halogens is 1. The summed E-state index contributed by atoms with van der Waals surface area (Å²) in [7, 11) is 0. The smallest absolute Gasteiger partial charge is 0.307 e. The maximum absolute atomic E-state index is 12.2. The highest BCUT2D eigenvalue weighted by Crippen LogP contribution is 2.31. The first-order valence-corrected chi connectivity index (χ1v) is 7.16. The number of rotatable bonds is 3. The van der Waals surface area contributed by atoms with Crippen LogP contribution in [0.3, 0.4) is 0 Å². The Morgan fingerprint density at radius 3 is 2.53 bits per heavy atom. The predicted molar refractivity (Wildman–Crippen MR) is 75.9 cm³/mol. The van der Waals surface area contributed by atoms with E-state index in [0.29, 0.717) is 18.5 Å². The van der Waals surface area contributed by atoms with Gasteiger partial charge in [0, 0.05) is 10.2 Å². The number of hydrogen-bond acceptors (Lipinski definition) is 2. The molecule has 1 aromatic rings. The van der Waals surface area contributed by atoms with Crippen molar-refractivity contribution in [2.75, 3.05) is 5.32 Å². The van der Waals surface area contributed by atoms with Crippen LogP contribution < -0.4 is 5.32 Å². The van der Waals surface area contributed by atoms with Gasteiger partial charge in [-0.3, -0.25) is 9.59 Å². The second-order valence-electron chi connectivity index (χ2n) is 4.84. The summed E-state index contributed by atoms with van der Waals surface area (Å²) in [6.07, 6.45) is 3.04. The second kappa shape index (κ2) is 6.19. The maximum atomic E-state index is 12.2. The lowest BCUT2D eigenvalue weighted by atomic mass is 9.78. The van der Waals surface area contributed by atoms with Crippen molar-refractivity contribution in [2.45, 2.75) is 25.7 Å². The molecule has 0 saturated heterocycles. The second-order valence-corrected chi connectivity index (χ2v) is 5.75. The average molecular weight is 326 g/mol. The molecule has 1 fully saturated rings. The van der Waals surface area contributed by atoms with Gasteiger partial charge in [-0.2, -0.15) is 0 Å². The maximum Gasteiger partial charge on any atom is 0.307 e. The van der Waals surface area contributed by atoms with E-state index in [1.54, 1.807) is 12.1 Å². The fraction of sp³-hybridized carbons (Fsp3) is 0.429. The number of carboxylic acids is 1. The minimum absolute atomic E-state index is 0.190. The van der Waals surface area contributed by atoms with E-state index in [-0.39, 0.29) is 5.91 Å². The Kier molecular flexibility index (Phi) is 4.58. The largest absolute Gasteiger partial charge is 0.481 e. The summed E-state index contributed by atoms with van der Waals surface area (Å²) >= 11 is 3.34. The standard InChI is InChI=1S/C14H16BrNO3/c15-9-4-3-5-10(8-9)16-13(17)11-6-1-2-7-12(11)14(18)19/h3-5,8,11-12H,1-2,6-7H2,(H,16,17)(H,18,19)/t11-,12+/m1/s1. The Hall–Kier alpha value is -1.36. The van der Waals surface area contributed by atoms with Crippen molar-refractivity contribution >= 4 is 33.5 Å². The van der Waals surface area contributed by atoms with Crippen LogP contribution in [0.25, 0.3) is 0 Å². The van der Waals surface area contributed by atoms with Crippen LogP contribution >= 0.6 is 15.9 Å². The number of hydrogen-bond donors (Lipinski definition) is 2. The van der Waals surface area contributed by atoms with Crippen molar-refractivity contribution < 1.29 is 14.7 Å². The molecule has 0 radical (unpaired) electrons. The third-order valence-electron chi connectivity index (χ3n) is 3.51. The van der Waals surface area contributed by atoms with Crippen LogP contribution in [-0.2, 0) is 9.59 Å². The van der Waals surface area contributed by atoms with Crippen molar-refractivity contribution in [2.24, 2.45) is 11.8 Å². The summed E-state index contributed by atoms with van der Waals surface area (Å²) in [6, 6.07) is 7.29. The van der Waals surface area contributed by atoms with Crippen LogP contribution in [0.15, 0.2) is 28.7 Å². The number of carbonyl (C=O) groups is 2. The molecule has 2 atom stereocenters. The van der Waals surface area contributed by atoms with E-state index in [9.17, 15) is 14.7 Å². The SMILES string of the molecule is O=C(O)[C@H]1CCCC[C@H]1C(=O)Nc1cccc(Br)c1. The molecule has 102 valence electrons. The van der Waals surface area contributed by atoms with Gasteiger partial charge >= 0.3 is 5.97 Å². The molecule has 1 amide bonds. The third kappa shape index (κ3) is 3.56. The molecule has 0 aliphatic heterocycles. The van der Waals surface area contributed by atoms with E-state index in [4.69, 9.17) is 0 Å². The monoisotopic (exact) mass is 325 g/mol. The summed E-state index contributed by atoms with van der Waals surface area (Å²) in [5, 5.41) is 12.0. The zero-order valence-corrected chi connectivity index (χ0v) is 12.0. The predicted octanol–water partition coefficient (Wildman–Crippen LogP) is 3.28. The zero-order chi connectivity index (χ0) is 13.8. The molecule has 0 aromatic heterocycles. The van der Waals surface area contributed by atoms with Crippen LogP contribution in [0, 0.1) is 11.8 Å². The van der Waals surface area contributed by atoms with Crippen LogP contribution in [-0.4, -0.2) is 17.0 Å². The number of aliphatic carboxylic acids is 1. The van der Waals surface area contributed by atoms with E-state index in [0.717, 1.165) is 17.3 Å². The van der Waals surface area contributed by atoms with Crippen molar-refractivity contribution in [3.05, 3.63) is 28.7 Å². The van der Waals surface area contributed by atoms with Crippen molar-refractivity contribution in [1.29, 1.82) is 0 Å². The molecular weight excluding hydrogens is 310 g/mol. The Morgan fingerprint density at radius 1 is 1.21 bits per heavy atom. The summed E-state index contributed by atoms with van der Waals surface area (Å²) in [5.41, 5.74) is 0.689. The molecule has 19 heavy (non-hydrogen) atoms. The number of carboxylic acid groups (broad SMARTS) is 1. The van der Waals surface area contributed by atoms with Gasteiger partial charge in [0.15, 0.2) is 0 Å². The lowest BCUT2D eigenvalue weighted by Gasteiger charge is -2.27. The van der Waals surface area contributed by atoms with Crippen molar-refractivity contribution in [3.8, 4) is 0 Å². The molecule has 1 aromatic carbocycles. The normalized spacial score (nSPS) is 22.8. The Morgan fingerprint density at radius 2 is 1.89 bits per heavy atom. The number of carbonyl (C=O) groups excluding carboxylic acids is 1. The fourth-order valence-corrected chi connectivity index (χ4v) is 2.94. The molecule has 1 aliphatic rings. The molecule has 1 saturated carbocycles. The number of anilines is 1. The number of benzene rings is 1. The van der Waals surface area contributed by atoms with Gasteiger partial charge in [0.1, 0.15) is 0 Å². The quantitative estimate of drug-likeness (QED) is 0.896. The van der Waals surface area contributed by atoms with Gasteiger partial charge in [-0.25, -0.2) is 0 Å². The molecule has 5 heteroatoms. The van der Waals surface area contributed by atoms with Gasteiger partial charge in [-0.15, -0.1) is 0 Å². The van der Waals surface area contributed by atoms with Crippen molar-refractivity contribution in [1.82, 2.24) is 0 Å². The first kappa shape index (κ1) is 14.1. The first-order valence-electron chi connectivity index (χ1n) is 6.37. The summed E-state index contributed by atoms with van der Waals surface area (Å²) < 4.78 is 0.878. The molecular formula is C14H16BrNO3. The van der Waals surface area contributed by atoms with Gasteiger partial charge in [-0.1, -0.05) is 34.8 Å². The first-order chi connectivity index (χ1) is 9.08. The molecule has 2 rings (SSSR count). The van der Waals surface area contributed by atoms with E-state index in [2.05, 4.69) is 21.2 Å². The minimum atomic E-state index is -0.867. The molecule has 4 nitrogen and oxygen atoms in total. The molecule has 0 heterocycles. The van der Waals surface area contributed by atoms with Crippen LogP contribution in [0.4, 0.5) is 5.69 Å². The molecule has 0 unspecified atom stereocenters. The lowest BCUT2D eigenvalue weighted by Crippen LogP contribution is -2.36. The van der Waals surface area contributed by atoms with E-state index in [1.807, 2.05) is 12.1 Å². The van der Waals surface area contributed by atoms with Crippen LogP contribution in [0.2, 0.25) is 0 Å². The molecule has 0 spiro atoms. The number of nitrogens with one attached hydrogen (secondary N) is 1. The van der Waals surface area contributed by atoms with Crippen LogP contribution in [0.5, 0.6) is 0 Å². The highest BCUT2D eigenvalue weighted by Gasteiger charge is 2.35. The highest BCUT2D eigenvalue weighted by molar-refractivity contribution is 9.10. The zero-order valence-electron chi connectivity index (χ0n) is 10.4. The van der Waals surface area contributed by atoms with Crippen LogP contribution in [0.1, 0.15) is 25.7 Å². The molecule has 2 N–H and O–H groups in total. The van der Waals surface area contributed by atoms with Gasteiger partial charge < -0.3 is 10.4 Å². The Labute approximate surface area is 120 Å². The Balaban J connectivity index is 2.07. The lowest BCUT2D eigenvalue weighted by molar-refractivity contribution is -0.147. The van der Waals surface area contributed by atoms with Gasteiger partial charge in [0.05, 0.1) is 11.8 Å². The van der Waals surface area contributed by atoms with E-state index in [1.165, 1.54) is 0 Å². The molecule has 0 bridgehead atoms. The highest BCUT2D eigenvalue weighted by atomic mass is 79.9. The van der Waals surface area contributed by atoms with Crippen molar-refractivity contribution in [3.63, 3.8) is 0 Å². The average Bonchev–Trinajstić information content (AvgIpc) is 2.38. The van der Waals surface area contributed by atoms with E-state index < -0.39 is 17.8 Å². The summed E-state index contributed by atoms with van der Waals surface area (Å²) in [4.78, 5) is 23.4. The van der Waals surface area contributed by atoms with E-state index >= 15 is 0 Å². The Bertz CT molecular complexity index is 489. The minimum Gasteiger partial charge on any atom is -0.481 e. The fourth-order valence-electron chi connectivity index (χ4n) is 2.54. The van der Waals surface area contributed by atoms with Gasteiger partial charge in [0.25, 0.3) is 0 Å². The molecule has 1 aliphatic carbocycles. The topological polar surface area (TPSA) is 66.4 Å². The third-order valence-corrected chi connectivity index (χ3v) is 4.01. The number of amides is 1.